The van der Waals surface area contributed by atoms with Gasteiger partial charge in [0.25, 0.3) is 11.8 Å². The molecular weight excluding hydrogens is 430 g/mol. The van der Waals surface area contributed by atoms with E-state index < -0.39 is 0 Å². The molecule has 0 fully saturated rings. The second-order valence-corrected chi connectivity index (χ2v) is 8.65. The first-order valence-corrected chi connectivity index (χ1v) is 11.4. The van der Waals surface area contributed by atoms with Gasteiger partial charge in [-0.2, -0.15) is 0 Å². The summed E-state index contributed by atoms with van der Waals surface area (Å²) in [4.78, 5) is 33.3. The van der Waals surface area contributed by atoms with E-state index >= 15 is 0 Å². The summed E-state index contributed by atoms with van der Waals surface area (Å²) in [5.41, 5.74) is 3.44. The Kier molecular flexibility index (Phi) is 5.71. The quantitative estimate of drug-likeness (QED) is 0.396. The number of nitrogens with zero attached hydrogens (tertiary/aromatic N) is 2. The van der Waals surface area contributed by atoms with Crippen molar-refractivity contribution in [2.24, 2.45) is 0 Å². The lowest BCUT2D eigenvalue weighted by molar-refractivity contribution is 0.0645. The number of carbonyl (C=O) groups excluding carboxylic acids is 2. The van der Waals surface area contributed by atoms with Crippen LogP contribution in [0.15, 0.2) is 54.6 Å². The van der Waals surface area contributed by atoms with E-state index in [9.17, 15) is 9.59 Å². The van der Waals surface area contributed by atoms with Gasteiger partial charge in [-0.25, -0.2) is 0 Å². The summed E-state index contributed by atoms with van der Waals surface area (Å²) in [7, 11) is 3.83. The minimum atomic E-state index is -0.282. The van der Waals surface area contributed by atoms with Gasteiger partial charge in [-0.3, -0.25) is 14.5 Å². The normalized spacial score (nSPS) is 13.4. The molecule has 0 spiro atoms. The molecule has 174 valence electrons. The van der Waals surface area contributed by atoms with Crippen molar-refractivity contribution >= 4 is 33.6 Å². The van der Waals surface area contributed by atoms with Crippen molar-refractivity contribution in [3.8, 4) is 11.5 Å². The zero-order valence-corrected chi connectivity index (χ0v) is 19.6. The van der Waals surface area contributed by atoms with E-state index in [-0.39, 0.29) is 11.8 Å². The van der Waals surface area contributed by atoms with Gasteiger partial charge in [-0.1, -0.05) is 30.3 Å². The molecule has 0 saturated carbocycles. The molecule has 1 aliphatic rings. The van der Waals surface area contributed by atoms with Gasteiger partial charge in [-0.05, 0) is 50.8 Å². The average molecular weight is 458 g/mol. The SMILES string of the molecule is CCOc1cc2c(c3c1[nH]c1ccc(OCc4ccccc4)cc13)C(=O)N(CCN(C)C)C2=O. The predicted octanol–water partition coefficient (Wildman–Crippen LogP) is 4.46. The van der Waals surface area contributed by atoms with Crippen molar-refractivity contribution in [1.82, 2.24) is 14.8 Å². The molecule has 1 aromatic heterocycles. The van der Waals surface area contributed by atoms with Gasteiger partial charge in [0, 0.05) is 29.4 Å². The number of H-pyrrole nitrogens is 1. The number of carbonyl (C=O) groups is 2. The first-order valence-electron chi connectivity index (χ1n) is 11.4. The third kappa shape index (κ3) is 3.78. The van der Waals surface area contributed by atoms with Crippen LogP contribution >= 0.6 is 0 Å². The van der Waals surface area contributed by atoms with Crippen molar-refractivity contribution in [1.29, 1.82) is 0 Å². The van der Waals surface area contributed by atoms with E-state index in [1.807, 2.05) is 74.4 Å². The number of aromatic amines is 1. The molecule has 0 saturated heterocycles. The van der Waals surface area contributed by atoms with Gasteiger partial charge < -0.3 is 19.4 Å². The van der Waals surface area contributed by atoms with Crippen molar-refractivity contribution in [2.45, 2.75) is 13.5 Å². The topological polar surface area (TPSA) is 74.9 Å². The van der Waals surface area contributed by atoms with Crippen molar-refractivity contribution in [3.05, 3.63) is 71.3 Å². The number of likely N-dealkylation sites (N-methyl/N-ethyl adjacent to an activating group) is 1. The van der Waals surface area contributed by atoms with Gasteiger partial charge in [0.1, 0.15) is 18.1 Å². The second kappa shape index (κ2) is 8.83. The Morgan fingerprint density at radius 3 is 2.50 bits per heavy atom. The van der Waals surface area contributed by atoms with E-state index in [0.29, 0.717) is 59.8 Å². The fourth-order valence-corrected chi connectivity index (χ4v) is 4.39. The zero-order chi connectivity index (χ0) is 23.8. The van der Waals surface area contributed by atoms with Crippen LogP contribution in [0, 0.1) is 0 Å². The minimum absolute atomic E-state index is 0.272. The highest BCUT2D eigenvalue weighted by Crippen LogP contribution is 2.41. The number of ether oxygens (including phenoxy) is 2. The van der Waals surface area contributed by atoms with E-state index in [0.717, 1.165) is 16.5 Å². The fourth-order valence-electron chi connectivity index (χ4n) is 4.39. The van der Waals surface area contributed by atoms with E-state index in [1.54, 1.807) is 6.07 Å². The largest absolute Gasteiger partial charge is 0.492 e. The van der Waals surface area contributed by atoms with Crippen LogP contribution in [0.1, 0.15) is 33.2 Å². The molecular formula is C27H27N3O4. The van der Waals surface area contributed by atoms with Gasteiger partial charge in [0.15, 0.2) is 0 Å². The molecule has 1 N–H and O–H groups in total. The first kappa shape index (κ1) is 22.0. The molecule has 2 amide bonds. The molecule has 0 unspecified atom stereocenters. The van der Waals surface area contributed by atoms with Crippen LogP contribution in [-0.2, 0) is 6.61 Å². The predicted molar refractivity (Wildman–Crippen MR) is 132 cm³/mol. The smallest absolute Gasteiger partial charge is 0.262 e. The zero-order valence-electron chi connectivity index (χ0n) is 19.6. The molecule has 4 aromatic rings. The molecule has 0 atom stereocenters. The first-order chi connectivity index (χ1) is 16.5. The Bertz CT molecular complexity index is 1390. The van der Waals surface area contributed by atoms with E-state index in [2.05, 4.69) is 4.98 Å². The second-order valence-electron chi connectivity index (χ2n) is 8.65. The monoisotopic (exact) mass is 457 g/mol. The van der Waals surface area contributed by atoms with Crippen molar-refractivity contribution < 1.29 is 19.1 Å². The molecule has 34 heavy (non-hydrogen) atoms. The summed E-state index contributed by atoms with van der Waals surface area (Å²) in [6, 6.07) is 17.4. The maximum absolute atomic E-state index is 13.4. The Labute approximate surface area is 197 Å². The van der Waals surface area contributed by atoms with Crippen LogP contribution < -0.4 is 9.47 Å². The Balaban J connectivity index is 1.62. The number of aromatic nitrogens is 1. The molecule has 0 aliphatic carbocycles. The number of amides is 2. The number of fused-ring (bicyclic) bond motifs is 5. The van der Waals surface area contributed by atoms with Crippen LogP contribution in [0.25, 0.3) is 21.8 Å². The number of hydrogen-bond donors (Lipinski definition) is 1. The lowest BCUT2D eigenvalue weighted by Crippen LogP contribution is -2.35. The molecule has 1 aliphatic heterocycles. The summed E-state index contributed by atoms with van der Waals surface area (Å²) in [5, 5.41) is 1.53. The summed E-state index contributed by atoms with van der Waals surface area (Å²) < 4.78 is 11.9. The van der Waals surface area contributed by atoms with Gasteiger partial charge in [-0.15, -0.1) is 0 Å². The highest BCUT2D eigenvalue weighted by Gasteiger charge is 2.39. The minimum Gasteiger partial charge on any atom is -0.492 e. The lowest BCUT2D eigenvalue weighted by atomic mass is 10.0. The molecule has 0 radical (unpaired) electrons. The van der Waals surface area contributed by atoms with Crippen LogP contribution in [0.4, 0.5) is 0 Å². The van der Waals surface area contributed by atoms with Crippen molar-refractivity contribution in [3.63, 3.8) is 0 Å². The number of benzene rings is 3. The third-order valence-electron chi connectivity index (χ3n) is 6.06. The summed E-state index contributed by atoms with van der Waals surface area (Å²) in [5.74, 6) is 0.700. The van der Waals surface area contributed by atoms with Crippen LogP contribution in [0.5, 0.6) is 11.5 Å². The number of rotatable bonds is 8. The van der Waals surface area contributed by atoms with Gasteiger partial charge >= 0.3 is 0 Å². The molecule has 3 aromatic carbocycles. The molecule has 0 bridgehead atoms. The van der Waals surface area contributed by atoms with Crippen molar-refractivity contribution in [2.75, 3.05) is 33.8 Å². The van der Waals surface area contributed by atoms with Crippen LogP contribution in [0.3, 0.4) is 0 Å². The standard InChI is InChI=1S/C27H27N3O4/c1-4-33-22-15-20-24(27(32)30(26(20)31)13-12-29(2)3)23-19-14-18(10-11-21(19)28-25(22)23)34-16-17-8-6-5-7-9-17/h5-11,14-15,28H,4,12-13,16H2,1-3H3. The lowest BCUT2D eigenvalue weighted by Gasteiger charge is -2.16. The number of hydrogen-bond acceptors (Lipinski definition) is 5. The maximum atomic E-state index is 13.4. The maximum Gasteiger partial charge on any atom is 0.262 e. The summed E-state index contributed by atoms with van der Waals surface area (Å²) in [6.45, 7) is 3.71. The summed E-state index contributed by atoms with van der Waals surface area (Å²) in [6.07, 6.45) is 0. The summed E-state index contributed by atoms with van der Waals surface area (Å²) >= 11 is 0. The van der Waals surface area contributed by atoms with E-state index in [4.69, 9.17) is 9.47 Å². The van der Waals surface area contributed by atoms with Crippen LogP contribution in [0.2, 0.25) is 0 Å². The highest BCUT2D eigenvalue weighted by molar-refractivity contribution is 6.30. The molecule has 7 nitrogen and oxygen atoms in total. The number of imide groups is 1. The van der Waals surface area contributed by atoms with Gasteiger partial charge in [0.05, 0.1) is 23.3 Å². The molecule has 2 heterocycles. The number of nitrogens with one attached hydrogen (secondary N) is 1. The fraction of sp³-hybridized carbons (Fsp3) is 0.259. The Morgan fingerprint density at radius 1 is 0.971 bits per heavy atom. The van der Waals surface area contributed by atoms with Gasteiger partial charge in [0.2, 0.25) is 0 Å². The Hall–Kier alpha value is -3.84. The average Bonchev–Trinajstić information content (AvgIpc) is 3.32. The molecule has 5 rings (SSSR count). The van der Waals surface area contributed by atoms with Crippen LogP contribution in [-0.4, -0.2) is 60.4 Å². The Morgan fingerprint density at radius 2 is 1.76 bits per heavy atom. The highest BCUT2D eigenvalue weighted by atomic mass is 16.5. The molecule has 7 heteroatoms. The van der Waals surface area contributed by atoms with E-state index in [1.165, 1.54) is 4.90 Å². The third-order valence-corrected chi connectivity index (χ3v) is 6.06.